The number of aromatic nitrogens is 1. The molecule has 1 aliphatic rings. The number of benzene rings is 2. The predicted octanol–water partition coefficient (Wildman–Crippen LogP) is 3.84. The SMILES string of the molecule is COc1ccccc1CNC(=O)[C@@H]1CCCN(c2nc3ccccc3s2)C1. The maximum atomic E-state index is 12.7. The van der Waals surface area contributed by atoms with E-state index in [9.17, 15) is 4.79 Å². The topological polar surface area (TPSA) is 54.5 Å². The zero-order chi connectivity index (χ0) is 18.6. The van der Waals surface area contributed by atoms with E-state index in [0.717, 1.165) is 47.9 Å². The van der Waals surface area contributed by atoms with Crippen LogP contribution < -0.4 is 15.0 Å². The molecule has 0 spiro atoms. The van der Waals surface area contributed by atoms with Crippen LogP contribution in [0.5, 0.6) is 5.75 Å². The second kappa shape index (κ2) is 7.96. The lowest BCUT2D eigenvalue weighted by molar-refractivity contribution is -0.125. The highest BCUT2D eigenvalue weighted by Crippen LogP contribution is 2.31. The average Bonchev–Trinajstić information content (AvgIpc) is 3.16. The normalized spacial score (nSPS) is 17.1. The molecule has 2 aromatic carbocycles. The predicted molar refractivity (Wildman–Crippen MR) is 109 cm³/mol. The third-order valence-corrected chi connectivity index (χ3v) is 6.09. The monoisotopic (exact) mass is 381 g/mol. The summed E-state index contributed by atoms with van der Waals surface area (Å²) in [6, 6.07) is 16.0. The molecule has 140 valence electrons. The maximum Gasteiger partial charge on any atom is 0.225 e. The van der Waals surface area contributed by atoms with Crippen molar-refractivity contribution in [2.24, 2.45) is 5.92 Å². The standard InChI is InChI=1S/C21H23N3O2S/c1-26-18-10-4-2-7-15(18)13-22-20(25)16-8-6-12-24(14-16)21-23-17-9-3-5-11-19(17)27-21/h2-5,7,9-11,16H,6,8,12-14H2,1H3,(H,22,25)/t16-/m1/s1. The zero-order valence-electron chi connectivity index (χ0n) is 15.4. The fourth-order valence-corrected chi connectivity index (χ4v) is 4.54. The Morgan fingerprint density at radius 3 is 2.93 bits per heavy atom. The third kappa shape index (κ3) is 3.90. The molecular formula is C21H23N3O2S. The maximum absolute atomic E-state index is 12.7. The van der Waals surface area contributed by atoms with E-state index in [-0.39, 0.29) is 11.8 Å². The van der Waals surface area contributed by atoms with Gasteiger partial charge in [-0.1, -0.05) is 41.7 Å². The van der Waals surface area contributed by atoms with Gasteiger partial charge in [-0.25, -0.2) is 4.98 Å². The Kier molecular flexibility index (Phi) is 5.25. The molecule has 3 aromatic rings. The lowest BCUT2D eigenvalue weighted by Crippen LogP contribution is -2.43. The van der Waals surface area contributed by atoms with Crippen LogP contribution in [0.25, 0.3) is 10.2 Å². The van der Waals surface area contributed by atoms with Crippen molar-refractivity contribution in [3.8, 4) is 5.75 Å². The van der Waals surface area contributed by atoms with Gasteiger partial charge in [0.1, 0.15) is 5.75 Å². The number of piperidine rings is 1. The van der Waals surface area contributed by atoms with E-state index in [1.165, 1.54) is 4.70 Å². The molecule has 1 atom stereocenters. The number of ether oxygens (including phenoxy) is 1. The van der Waals surface area contributed by atoms with E-state index in [1.807, 2.05) is 42.5 Å². The van der Waals surface area contributed by atoms with Crippen molar-refractivity contribution in [2.45, 2.75) is 19.4 Å². The van der Waals surface area contributed by atoms with Crippen molar-refractivity contribution in [1.82, 2.24) is 10.3 Å². The number of fused-ring (bicyclic) bond motifs is 1. The molecule has 0 saturated carbocycles. The number of para-hydroxylation sites is 2. The molecule has 0 bridgehead atoms. The molecule has 5 nitrogen and oxygen atoms in total. The highest BCUT2D eigenvalue weighted by atomic mass is 32.1. The van der Waals surface area contributed by atoms with Gasteiger partial charge in [-0.3, -0.25) is 4.79 Å². The van der Waals surface area contributed by atoms with Gasteiger partial charge >= 0.3 is 0 Å². The quantitative estimate of drug-likeness (QED) is 0.730. The van der Waals surface area contributed by atoms with Gasteiger partial charge < -0.3 is 15.0 Å². The number of hydrogen-bond acceptors (Lipinski definition) is 5. The fourth-order valence-electron chi connectivity index (χ4n) is 3.54. The van der Waals surface area contributed by atoms with Crippen LogP contribution in [0.1, 0.15) is 18.4 Å². The summed E-state index contributed by atoms with van der Waals surface area (Å²) >= 11 is 1.70. The van der Waals surface area contributed by atoms with Crippen LogP contribution in [0.15, 0.2) is 48.5 Å². The number of amides is 1. The van der Waals surface area contributed by atoms with Crippen LogP contribution in [-0.4, -0.2) is 31.1 Å². The van der Waals surface area contributed by atoms with Crippen LogP contribution in [0.4, 0.5) is 5.13 Å². The molecule has 1 saturated heterocycles. The molecule has 1 aliphatic heterocycles. The third-order valence-electron chi connectivity index (χ3n) is 4.99. The molecule has 1 aromatic heterocycles. The summed E-state index contributed by atoms with van der Waals surface area (Å²) in [6.45, 7) is 2.16. The molecule has 0 unspecified atom stereocenters. The van der Waals surface area contributed by atoms with Crippen LogP contribution >= 0.6 is 11.3 Å². The second-order valence-electron chi connectivity index (χ2n) is 6.78. The summed E-state index contributed by atoms with van der Waals surface area (Å²) in [5, 5.41) is 4.09. The number of carbonyl (C=O) groups excluding carboxylic acids is 1. The number of nitrogens with zero attached hydrogens (tertiary/aromatic N) is 2. The van der Waals surface area contributed by atoms with Crippen LogP contribution in [-0.2, 0) is 11.3 Å². The molecule has 1 N–H and O–H groups in total. The first-order chi connectivity index (χ1) is 13.2. The minimum Gasteiger partial charge on any atom is -0.496 e. The van der Waals surface area contributed by atoms with E-state index >= 15 is 0 Å². The van der Waals surface area contributed by atoms with Crippen molar-refractivity contribution in [3.63, 3.8) is 0 Å². The fraction of sp³-hybridized carbons (Fsp3) is 0.333. The van der Waals surface area contributed by atoms with Crippen molar-refractivity contribution < 1.29 is 9.53 Å². The Morgan fingerprint density at radius 2 is 2.07 bits per heavy atom. The van der Waals surface area contributed by atoms with Crippen molar-refractivity contribution in [2.75, 3.05) is 25.1 Å². The van der Waals surface area contributed by atoms with Crippen LogP contribution in [0.2, 0.25) is 0 Å². The van der Waals surface area contributed by atoms with Gasteiger partial charge in [0, 0.05) is 25.2 Å². The summed E-state index contributed by atoms with van der Waals surface area (Å²) in [5.74, 6) is 0.893. The highest BCUT2D eigenvalue weighted by molar-refractivity contribution is 7.22. The Labute approximate surface area is 163 Å². The summed E-state index contributed by atoms with van der Waals surface area (Å²) in [6.07, 6.45) is 1.92. The van der Waals surface area contributed by atoms with Gasteiger partial charge in [0.2, 0.25) is 5.91 Å². The number of methoxy groups -OCH3 is 1. The molecule has 0 aliphatic carbocycles. The van der Waals surface area contributed by atoms with Crippen LogP contribution in [0.3, 0.4) is 0 Å². The molecule has 1 amide bonds. The smallest absolute Gasteiger partial charge is 0.225 e. The summed E-state index contributed by atoms with van der Waals surface area (Å²) < 4.78 is 6.55. The minimum absolute atomic E-state index is 0.0135. The Morgan fingerprint density at radius 1 is 1.26 bits per heavy atom. The summed E-state index contributed by atoms with van der Waals surface area (Å²) in [5.41, 5.74) is 2.02. The number of rotatable bonds is 5. The Hall–Kier alpha value is -2.60. The van der Waals surface area contributed by atoms with Gasteiger partial charge in [0.25, 0.3) is 0 Å². The minimum atomic E-state index is -0.0135. The van der Waals surface area contributed by atoms with Crippen molar-refractivity contribution in [3.05, 3.63) is 54.1 Å². The Balaban J connectivity index is 1.40. The highest BCUT2D eigenvalue weighted by Gasteiger charge is 2.27. The Bertz CT molecular complexity index is 907. The first-order valence-corrected chi connectivity index (χ1v) is 10.1. The second-order valence-corrected chi connectivity index (χ2v) is 7.79. The number of thiazole rings is 1. The molecule has 2 heterocycles. The van der Waals surface area contributed by atoms with E-state index in [0.29, 0.717) is 6.54 Å². The van der Waals surface area contributed by atoms with Gasteiger partial charge in [-0.05, 0) is 31.0 Å². The molecule has 1 fully saturated rings. The van der Waals surface area contributed by atoms with E-state index < -0.39 is 0 Å². The number of hydrogen-bond donors (Lipinski definition) is 1. The zero-order valence-corrected chi connectivity index (χ0v) is 16.2. The lowest BCUT2D eigenvalue weighted by atomic mass is 9.97. The molecule has 0 radical (unpaired) electrons. The molecular weight excluding hydrogens is 358 g/mol. The first-order valence-electron chi connectivity index (χ1n) is 9.24. The average molecular weight is 382 g/mol. The van der Waals surface area contributed by atoms with Gasteiger partial charge in [-0.2, -0.15) is 0 Å². The molecule has 6 heteroatoms. The van der Waals surface area contributed by atoms with Crippen molar-refractivity contribution >= 4 is 32.6 Å². The molecule has 27 heavy (non-hydrogen) atoms. The summed E-state index contributed by atoms with van der Waals surface area (Å²) in [7, 11) is 1.65. The largest absolute Gasteiger partial charge is 0.496 e. The van der Waals surface area contributed by atoms with Crippen molar-refractivity contribution in [1.29, 1.82) is 0 Å². The van der Waals surface area contributed by atoms with Gasteiger partial charge in [-0.15, -0.1) is 0 Å². The number of anilines is 1. The number of nitrogens with one attached hydrogen (secondary N) is 1. The number of carbonyl (C=O) groups is 1. The summed E-state index contributed by atoms with van der Waals surface area (Å²) in [4.78, 5) is 19.7. The van der Waals surface area contributed by atoms with E-state index in [4.69, 9.17) is 9.72 Å². The van der Waals surface area contributed by atoms with Gasteiger partial charge in [0.05, 0.1) is 23.2 Å². The van der Waals surface area contributed by atoms with Crippen LogP contribution in [0, 0.1) is 5.92 Å². The van der Waals surface area contributed by atoms with E-state index in [2.05, 4.69) is 16.3 Å². The van der Waals surface area contributed by atoms with E-state index in [1.54, 1.807) is 18.4 Å². The molecule has 4 rings (SSSR count). The first kappa shape index (κ1) is 17.8. The van der Waals surface area contributed by atoms with Gasteiger partial charge in [0.15, 0.2) is 5.13 Å². The lowest BCUT2D eigenvalue weighted by Gasteiger charge is -2.31.